The van der Waals surface area contributed by atoms with E-state index >= 15 is 0 Å². The van der Waals surface area contributed by atoms with Crippen molar-refractivity contribution in [3.05, 3.63) is 150 Å². The minimum Gasteiger partial charge on any atom is -0.256 e. The summed E-state index contributed by atoms with van der Waals surface area (Å²) >= 11 is 0. The molecular weight excluding hydrogens is 506 g/mol. The van der Waals surface area contributed by atoms with Gasteiger partial charge in [0.25, 0.3) is 0 Å². The van der Waals surface area contributed by atoms with Crippen LogP contribution in [0.4, 0.5) is 0 Å². The van der Waals surface area contributed by atoms with Crippen LogP contribution in [0.15, 0.2) is 128 Å². The van der Waals surface area contributed by atoms with E-state index in [1.807, 2.05) is 6.20 Å². The van der Waals surface area contributed by atoms with E-state index in [9.17, 15) is 0 Å². The largest absolute Gasteiger partial charge is 0.256 e. The van der Waals surface area contributed by atoms with Crippen molar-refractivity contribution in [1.82, 2.24) is 4.98 Å². The second-order valence-corrected chi connectivity index (χ2v) is 11.2. The fourth-order valence-corrected chi connectivity index (χ4v) is 6.78. The first-order valence-corrected chi connectivity index (χ1v) is 14.5. The lowest BCUT2D eigenvalue weighted by Crippen LogP contribution is -1.87. The van der Waals surface area contributed by atoms with E-state index in [2.05, 4.69) is 146 Å². The average molecular weight is 532 g/mol. The number of pyridine rings is 1. The van der Waals surface area contributed by atoms with Gasteiger partial charge in [0.1, 0.15) is 0 Å². The molecule has 1 heteroatoms. The third kappa shape index (κ3) is 3.54. The lowest BCUT2D eigenvalue weighted by molar-refractivity contribution is 1.29. The molecule has 0 N–H and O–H groups in total. The molecule has 42 heavy (non-hydrogen) atoms. The summed E-state index contributed by atoms with van der Waals surface area (Å²) in [5.41, 5.74) is 4.46. The maximum Gasteiger partial charge on any atom is 0.0630 e. The van der Waals surface area contributed by atoms with Crippen molar-refractivity contribution in [2.24, 2.45) is 0 Å². The molecule has 0 bridgehead atoms. The van der Waals surface area contributed by atoms with Crippen LogP contribution in [0.5, 0.6) is 0 Å². The van der Waals surface area contributed by atoms with Crippen LogP contribution in [0.1, 0.15) is 22.4 Å². The molecule has 1 aromatic heterocycles. The van der Waals surface area contributed by atoms with E-state index in [0.29, 0.717) is 0 Å². The van der Waals surface area contributed by atoms with Crippen molar-refractivity contribution in [2.45, 2.75) is 0 Å². The van der Waals surface area contributed by atoms with Crippen molar-refractivity contribution in [3.63, 3.8) is 0 Å². The summed E-state index contributed by atoms with van der Waals surface area (Å²) in [6, 6.07) is 44.1. The molecule has 0 saturated carbocycles. The lowest BCUT2D eigenvalue weighted by Gasteiger charge is -2.12. The van der Waals surface area contributed by atoms with Crippen LogP contribution in [0.25, 0.3) is 88.9 Å². The van der Waals surface area contributed by atoms with Gasteiger partial charge in [-0.1, -0.05) is 133 Å². The average Bonchev–Trinajstić information content (AvgIpc) is 3.05. The van der Waals surface area contributed by atoms with E-state index in [1.165, 1.54) is 75.8 Å². The van der Waals surface area contributed by atoms with Crippen LogP contribution >= 0.6 is 0 Å². The van der Waals surface area contributed by atoms with Gasteiger partial charge in [-0.05, 0) is 93.5 Å². The molecule has 194 valence electrons. The molecule has 0 radical (unpaired) electrons. The van der Waals surface area contributed by atoms with Gasteiger partial charge in [-0.3, -0.25) is 4.98 Å². The number of benzene rings is 8. The maximum atomic E-state index is 4.76. The van der Waals surface area contributed by atoms with Crippen molar-refractivity contribution < 1.29 is 0 Å². The van der Waals surface area contributed by atoms with Gasteiger partial charge in [0.05, 0.1) is 5.69 Å². The molecule has 0 unspecified atom stereocenters. The second-order valence-electron chi connectivity index (χ2n) is 11.2. The molecule has 9 rings (SSSR count). The zero-order valence-corrected chi connectivity index (χ0v) is 22.9. The van der Waals surface area contributed by atoms with Gasteiger partial charge >= 0.3 is 0 Å². The summed E-state index contributed by atoms with van der Waals surface area (Å²) in [5, 5.41) is 15.7. The van der Waals surface area contributed by atoms with Crippen LogP contribution in [-0.2, 0) is 0 Å². The van der Waals surface area contributed by atoms with E-state index in [-0.39, 0.29) is 0 Å². The molecule has 0 aliphatic heterocycles. The Morgan fingerprint density at radius 1 is 0.357 bits per heavy atom. The number of nitrogens with zero attached hydrogens (tertiary/aromatic N) is 1. The predicted octanol–water partition coefficient (Wildman–Crippen LogP) is 11.2. The van der Waals surface area contributed by atoms with Gasteiger partial charge in [-0.15, -0.1) is 0 Å². The molecule has 9 aromatic rings. The van der Waals surface area contributed by atoms with Crippen LogP contribution in [0.2, 0.25) is 0 Å². The highest BCUT2D eigenvalue weighted by Crippen LogP contribution is 2.38. The Bertz CT molecular complexity index is 2290. The number of hydrogen-bond acceptors (Lipinski definition) is 1. The number of aromatic nitrogens is 1. The second kappa shape index (κ2) is 8.99. The molecule has 0 fully saturated rings. The van der Waals surface area contributed by atoms with Gasteiger partial charge < -0.3 is 0 Å². The van der Waals surface area contributed by atoms with Crippen molar-refractivity contribution >= 4 is 88.9 Å². The maximum absolute atomic E-state index is 4.76. The minimum absolute atomic E-state index is 0.945. The summed E-state index contributed by atoms with van der Waals surface area (Å²) in [4.78, 5) is 4.76. The Balaban J connectivity index is 1.03. The van der Waals surface area contributed by atoms with Crippen LogP contribution in [0, 0.1) is 0 Å². The zero-order valence-electron chi connectivity index (χ0n) is 22.9. The lowest BCUT2D eigenvalue weighted by atomic mass is 9.92. The van der Waals surface area contributed by atoms with E-state index in [4.69, 9.17) is 4.98 Å². The summed E-state index contributed by atoms with van der Waals surface area (Å²) in [6.07, 6.45) is 10.6. The summed E-state index contributed by atoms with van der Waals surface area (Å²) in [7, 11) is 0. The third-order valence-electron chi connectivity index (χ3n) is 8.82. The Morgan fingerprint density at radius 2 is 0.810 bits per heavy atom. The SMILES string of the molecule is C(=C\c1ccc2ccc3cccc4ccc1c2c34)/c1ccc(/C=C/c2ccc3ccc4cccc5ccc2c3c45)nc1. The monoisotopic (exact) mass is 531 g/mol. The molecule has 1 heterocycles. The smallest absolute Gasteiger partial charge is 0.0630 e. The van der Waals surface area contributed by atoms with Crippen molar-refractivity contribution in [3.8, 4) is 0 Å². The minimum atomic E-state index is 0.945. The topological polar surface area (TPSA) is 12.9 Å². The van der Waals surface area contributed by atoms with Crippen molar-refractivity contribution in [1.29, 1.82) is 0 Å². The first-order chi connectivity index (χ1) is 20.8. The number of rotatable bonds is 4. The first-order valence-electron chi connectivity index (χ1n) is 14.5. The standard InChI is InChI=1S/C41H25N/c1-3-29-14-16-33-12-10-27(36-23-19-31(5-1)38(29)40(33)36)9-7-26-8-21-35(42-25-26)22-18-28-11-13-34-17-15-30-4-2-6-32-20-24-37(28)41(34)39(30)32/h1-25H/b9-7+,22-18+. The van der Waals surface area contributed by atoms with Crippen LogP contribution in [-0.4, -0.2) is 4.98 Å². The van der Waals surface area contributed by atoms with E-state index in [0.717, 1.165) is 11.3 Å². The van der Waals surface area contributed by atoms with E-state index in [1.54, 1.807) is 0 Å². The van der Waals surface area contributed by atoms with Gasteiger partial charge in [0, 0.05) is 6.20 Å². The molecule has 0 aliphatic carbocycles. The fourth-order valence-electron chi connectivity index (χ4n) is 6.78. The molecule has 8 aromatic carbocycles. The molecule has 0 amide bonds. The summed E-state index contributed by atoms with van der Waals surface area (Å²) in [5.74, 6) is 0. The molecule has 0 atom stereocenters. The van der Waals surface area contributed by atoms with Gasteiger partial charge in [0.15, 0.2) is 0 Å². The Kier molecular flexibility index (Phi) is 4.97. The van der Waals surface area contributed by atoms with Crippen LogP contribution < -0.4 is 0 Å². The highest BCUT2D eigenvalue weighted by Gasteiger charge is 2.11. The first kappa shape index (κ1) is 23.2. The van der Waals surface area contributed by atoms with Gasteiger partial charge in [0.2, 0.25) is 0 Å². The quantitative estimate of drug-likeness (QED) is 0.206. The van der Waals surface area contributed by atoms with Crippen LogP contribution in [0.3, 0.4) is 0 Å². The molecular formula is C41H25N. The molecule has 0 spiro atoms. The molecule has 0 saturated heterocycles. The van der Waals surface area contributed by atoms with Gasteiger partial charge in [-0.25, -0.2) is 0 Å². The number of hydrogen-bond donors (Lipinski definition) is 0. The highest BCUT2D eigenvalue weighted by molar-refractivity contribution is 6.25. The predicted molar refractivity (Wildman–Crippen MR) is 182 cm³/mol. The van der Waals surface area contributed by atoms with Gasteiger partial charge in [-0.2, -0.15) is 0 Å². The van der Waals surface area contributed by atoms with E-state index < -0.39 is 0 Å². The Morgan fingerprint density at radius 3 is 1.31 bits per heavy atom. The normalized spacial score (nSPS) is 12.6. The third-order valence-corrected chi connectivity index (χ3v) is 8.82. The van der Waals surface area contributed by atoms with Crippen molar-refractivity contribution in [2.75, 3.05) is 0 Å². The fraction of sp³-hybridized carbons (Fsp3) is 0. The Labute approximate surface area is 243 Å². The summed E-state index contributed by atoms with van der Waals surface area (Å²) in [6.45, 7) is 0. The summed E-state index contributed by atoms with van der Waals surface area (Å²) < 4.78 is 0. The molecule has 1 nitrogen and oxygen atoms in total. The Hall–Kier alpha value is -5.53. The zero-order chi connectivity index (χ0) is 27.6. The highest BCUT2D eigenvalue weighted by atomic mass is 14.7. The molecule has 0 aliphatic rings.